The van der Waals surface area contributed by atoms with E-state index in [1.165, 1.54) is 0 Å². The molecule has 0 bridgehead atoms. The molecule has 7 heteroatoms. The summed E-state index contributed by atoms with van der Waals surface area (Å²) >= 11 is 0. The first kappa shape index (κ1) is 12.9. The Morgan fingerprint density at radius 2 is 2.35 bits per heavy atom. The summed E-state index contributed by atoms with van der Waals surface area (Å²) in [6.07, 6.45) is 5.43. The van der Waals surface area contributed by atoms with Crippen LogP contribution >= 0.6 is 0 Å². The van der Waals surface area contributed by atoms with Crippen LogP contribution in [0.25, 0.3) is 0 Å². The van der Waals surface area contributed by atoms with Crippen LogP contribution in [0.3, 0.4) is 0 Å². The summed E-state index contributed by atoms with van der Waals surface area (Å²) in [5.41, 5.74) is 0.887. The normalized spacial score (nSPS) is 19.1. The monoisotopic (exact) mass is 273 g/mol. The molecule has 2 aromatic heterocycles. The number of hydrogen-bond acceptors (Lipinski definition) is 6. The highest BCUT2D eigenvalue weighted by Gasteiger charge is 2.17. The number of nitrogens with one attached hydrogen (secondary N) is 2. The summed E-state index contributed by atoms with van der Waals surface area (Å²) in [6, 6.07) is 2.43. The highest BCUT2D eigenvalue weighted by atomic mass is 15.3. The van der Waals surface area contributed by atoms with Crippen LogP contribution in [0, 0.1) is 0 Å². The molecule has 0 saturated carbocycles. The fraction of sp³-hybridized carbons (Fsp3) is 0.462. The molecule has 3 heterocycles. The predicted octanol–water partition coefficient (Wildman–Crippen LogP) is 0.752. The van der Waals surface area contributed by atoms with Crippen molar-refractivity contribution in [2.24, 2.45) is 7.05 Å². The van der Waals surface area contributed by atoms with Crippen LogP contribution in [0.15, 0.2) is 24.7 Å². The SMILES string of the molecule is CC1CN(c2ccnc(Nc3cnn(C)c3)n2)CCN1. The van der Waals surface area contributed by atoms with Gasteiger partial charge in [0.05, 0.1) is 11.9 Å². The van der Waals surface area contributed by atoms with Gasteiger partial charge in [-0.15, -0.1) is 0 Å². The van der Waals surface area contributed by atoms with Crippen LogP contribution in [-0.4, -0.2) is 45.4 Å². The van der Waals surface area contributed by atoms with Gasteiger partial charge in [0.2, 0.25) is 5.95 Å². The van der Waals surface area contributed by atoms with Gasteiger partial charge in [-0.05, 0) is 13.0 Å². The van der Waals surface area contributed by atoms with E-state index in [1.54, 1.807) is 17.1 Å². The van der Waals surface area contributed by atoms with Gasteiger partial charge in [0.25, 0.3) is 0 Å². The Hall–Kier alpha value is -2.15. The summed E-state index contributed by atoms with van der Waals surface area (Å²) < 4.78 is 1.74. The number of piperazine rings is 1. The zero-order chi connectivity index (χ0) is 13.9. The average Bonchev–Trinajstić information content (AvgIpc) is 2.84. The Kier molecular flexibility index (Phi) is 3.51. The second-order valence-corrected chi connectivity index (χ2v) is 5.07. The van der Waals surface area contributed by atoms with E-state index in [9.17, 15) is 0 Å². The highest BCUT2D eigenvalue weighted by molar-refractivity contribution is 5.53. The second kappa shape index (κ2) is 5.46. The summed E-state index contributed by atoms with van der Waals surface area (Å²) in [4.78, 5) is 11.1. The minimum atomic E-state index is 0.480. The third-order valence-electron chi connectivity index (χ3n) is 3.29. The van der Waals surface area contributed by atoms with E-state index in [-0.39, 0.29) is 0 Å². The van der Waals surface area contributed by atoms with Crippen molar-refractivity contribution in [2.45, 2.75) is 13.0 Å². The predicted molar refractivity (Wildman–Crippen MR) is 78.2 cm³/mol. The minimum Gasteiger partial charge on any atom is -0.354 e. The van der Waals surface area contributed by atoms with E-state index in [0.717, 1.165) is 31.1 Å². The zero-order valence-electron chi connectivity index (χ0n) is 11.7. The van der Waals surface area contributed by atoms with Crippen molar-refractivity contribution in [2.75, 3.05) is 29.9 Å². The Morgan fingerprint density at radius 1 is 1.45 bits per heavy atom. The third kappa shape index (κ3) is 2.88. The molecule has 7 nitrogen and oxygen atoms in total. The largest absolute Gasteiger partial charge is 0.354 e. The van der Waals surface area contributed by atoms with Crippen LogP contribution in [0.1, 0.15) is 6.92 Å². The average molecular weight is 273 g/mol. The molecule has 1 saturated heterocycles. The topological polar surface area (TPSA) is 70.9 Å². The Bertz CT molecular complexity index is 580. The molecule has 106 valence electrons. The van der Waals surface area contributed by atoms with Crippen molar-refractivity contribution >= 4 is 17.5 Å². The summed E-state index contributed by atoms with van der Waals surface area (Å²) in [6.45, 7) is 5.09. The molecule has 20 heavy (non-hydrogen) atoms. The molecule has 1 aliphatic heterocycles. The van der Waals surface area contributed by atoms with Crippen molar-refractivity contribution < 1.29 is 0 Å². The van der Waals surface area contributed by atoms with Gasteiger partial charge in [0, 0.05) is 45.1 Å². The quantitative estimate of drug-likeness (QED) is 0.860. The molecule has 0 aromatic carbocycles. The van der Waals surface area contributed by atoms with E-state index in [0.29, 0.717) is 12.0 Å². The lowest BCUT2D eigenvalue weighted by atomic mass is 10.2. The smallest absolute Gasteiger partial charge is 0.229 e. The number of anilines is 3. The first-order valence-electron chi connectivity index (χ1n) is 6.78. The second-order valence-electron chi connectivity index (χ2n) is 5.07. The van der Waals surface area contributed by atoms with Gasteiger partial charge in [0.15, 0.2) is 0 Å². The van der Waals surface area contributed by atoms with Crippen molar-refractivity contribution in [1.82, 2.24) is 25.1 Å². The Labute approximate surface area is 118 Å². The van der Waals surface area contributed by atoms with Gasteiger partial charge in [-0.3, -0.25) is 4.68 Å². The molecule has 1 atom stereocenters. The summed E-state index contributed by atoms with van der Waals surface area (Å²) in [7, 11) is 1.88. The molecule has 3 rings (SSSR count). The maximum Gasteiger partial charge on any atom is 0.229 e. The lowest BCUT2D eigenvalue weighted by Gasteiger charge is -2.32. The van der Waals surface area contributed by atoms with E-state index in [4.69, 9.17) is 0 Å². The first-order chi connectivity index (χ1) is 9.70. The third-order valence-corrected chi connectivity index (χ3v) is 3.29. The Balaban J connectivity index is 1.75. The van der Waals surface area contributed by atoms with Crippen LogP contribution in [0.5, 0.6) is 0 Å². The molecule has 0 aliphatic carbocycles. The van der Waals surface area contributed by atoms with Crippen LogP contribution in [-0.2, 0) is 7.05 Å². The number of rotatable bonds is 3. The molecule has 0 amide bonds. The number of hydrogen-bond donors (Lipinski definition) is 2. The fourth-order valence-corrected chi connectivity index (χ4v) is 2.34. The van der Waals surface area contributed by atoms with Gasteiger partial charge < -0.3 is 15.5 Å². The van der Waals surface area contributed by atoms with E-state index in [2.05, 4.69) is 37.5 Å². The van der Waals surface area contributed by atoms with Crippen molar-refractivity contribution in [3.63, 3.8) is 0 Å². The molecule has 2 N–H and O–H groups in total. The molecular weight excluding hydrogens is 254 g/mol. The van der Waals surface area contributed by atoms with Gasteiger partial charge in [-0.1, -0.05) is 0 Å². The van der Waals surface area contributed by atoms with Crippen molar-refractivity contribution in [3.8, 4) is 0 Å². The standard InChI is InChI=1S/C13H19N7/c1-10-8-20(6-5-14-10)12-3-4-15-13(18-12)17-11-7-16-19(2)9-11/h3-4,7,9-10,14H,5-6,8H2,1-2H3,(H,15,17,18). The van der Waals surface area contributed by atoms with Crippen LogP contribution in [0.2, 0.25) is 0 Å². The Morgan fingerprint density at radius 3 is 3.10 bits per heavy atom. The lowest BCUT2D eigenvalue weighted by molar-refractivity contribution is 0.482. The molecule has 0 spiro atoms. The fourth-order valence-electron chi connectivity index (χ4n) is 2.34. The summed E-state index contributed by atoms with van der Waals surface area (Å²) in [5.74, 6) is 1.56. The minimum absolute atomic E-state index is 0.480. The van der Waals surface area contributed by atoms with Gasteiger partial charge in [-0.25, -0.2) is 4.98 Å². The number of aromatic nitrogens is 4. The maximum absolute atomic E-state index is 4.57. The molecular formula is C13H19N7. The van der Waals surface area contributed by atoms with Crippen LogP contribution < -0.4 is 15.5 Å². The van der Waals surface area contributed by atoms with Crippen molar-refractivity contribution in [3.05, 3.63) is 24.7 Å². The lowest BCUT2D eigenvalue weighted by Crippen LogP contribution is -2.49. The van der Waals surface area contributed by atoms with Crippen LogP contribution in [0.4, 0.5) is 17.5 Å². The molecule has 1 unspecified atom stereocenters. The van der Waals surface area contributed by atoms with E-state index in [1.807, 2.05) is 19.3 Å². The van der Waals surface area contributed by atoms with Gasteiger partial charge >= 0.3 is 0 Å². The number of nitrogens with zero attached hydrogens (tertiary/aromatic N) is 5. The number of aryl methyl sites for hydroxylation is 1. The van der Waals surface area contributed by atoms with Gasteiger partial charge in [-0.2, -0.15) is 10.1 Å². The zero-order valence-corrected chi connectivity index (χ0v) is 11.7. The molecule has 0 radical (unpaired) electrons. The molecule has 1 aliphatic rings. The first-order valence-corrected chi connectivity index (χ1v) is 6.78. The van der Waals surface area contributed by atoms with Crippen molar-refractivity contribution in [1.29, 1.82) is 0 Å². The molecule has 2 aromatic rings. The van der Waals surface area contributed by atoms with E-state index >= 15 is 0 Å². The van der Waals surface area contributed by atoms with E-state index < -0.39 is 0 Å². The maximum atomic E-state index is 4.57. The highest BCUT2D eigenvalue weighted by Crippen LogP contribution is 2.16. The van der Waals surface area contributed by atoms with Gasteiger partial charge in [0.1, 0.15) is 5.82 Å². The molecule has 1 fully saturated rings. The summed E-state index contributed by atoms with van der Waals surface area (Å²) in [5, 5.41) is 10.7.